The first-order valence-corrected chi connectivity index (χ1v) is 13.3. The van der Waals surface area contributed by atoms with E-state index in [1.54, 1.807) is 37.4 Å². The van der Waals surface area contributed by atoms with Crippen LogP contribution in [0.1, 0.15) is 61.9 Å². The summed E-state index contributed by atoms with van der Waals surface area (Å²) in [4.78, 5) is 28.7. The zero-order valence-electron chi connectivity index (χ0n) is 23.5. The largest absolute Gasteiger partial charge is 0.507 e. The van der Waals surface area contributed by atoms with Gasteiger partial charge in [-0.1, -0.05) is 26.0 Å². The van der Waals surface area contributed by atoms with Crippen molar-refractivity contribution >= 4 is 23.1 Å². The molecule has 1 atom stereocenters. The first-order chi connectivity index (χ1) is 19.1. The molecule has 0 saturated carbocycles. The number of hydrogen-bond acceptors (Lipinski definition) is 7. The fourth-order valence-electron chi connectivity index (χ4n) is 5.18. The van der Waals surface area contributed by atoms with Crippen molar-refractivity contribution in [2.45, 2.75) is 52.7 Å². The molecule has 5 rings (SSSR count). The standard InChI is InChI=1S/C32H33NO7/c1-17(2)23-15-24(19(5)13-26(23)37-6)30(34)28-29(20-7-10-22(11-8-20)40-18(3)4)33(32(36)31(28)35)21-9-12-25-27(14-21)39-16-38-25/h7-15,17-18,29,34H,16H2,1-6H3/b30-28+. The van der Waals surface area contributed by atoms with Gasteiger partial charge in [0.1, 0.15) is 17.3 Å². The van der Waals surface area contributed by atoms with Crippen LogP contribution in [-0.4, -0.2) is 36.8 Å². The van der Waals surface area contributed by atoms with Crippen molar-refractivity contribution in [1.29, 1.82) is 0 Å². The Bertz CT molecular complexity index is 1500. The summed E-state index contributed by atoms with van der Waals surface area (Å²) in [5, 5.41) is 11.8. The average Bonchev–Trinajstić information content (AvgIpc) is 3.49. The van der Waals surface area contributed by atoms with Gasteiger partial charge in [-0.15, -0.1) is 0 Å². The molecular weight excluding hydrogens is 510 g/mol. The molecule has 40 heavy (non-hydrogen) atoms. The van der Waals surface area contributed by atoms with Gasteiger partial charge >= 0.3 is 0 Å². The molecule has 1 unspecified atom stereocenters. The van der Waals surface area contributed by atoms with E-state index in [1.807, 2.05) is 58.9 Å². The maximum absolute atomic E-state index is 13.7. The molecule has 2 heterocycles. The Morgan fingerprint density at radius 1 is 0.975 bits per heavy atom. The number of Topliss-reactive ketones (excluding diaryl/α,β-unsaturated/α-hetero) is 1. The van der Waals surface area contributed by atoms with Gasteiger partial charge in [-0.3, -0.25) is 14.5 Å². The second-order valence-electron chi connectivity index (χ2n) is 10.5. The van der Waals surface area contributed by atoms with Crippen LogP contribution in [0.2, 0.25) is 0 Å². The number of carbonyl (C=O) groups is 2. The van der Waals surface area contributed by atoms with Gasteiger partial charge in [-0.05, 0) is 79.8 Å². The molecule has 0 radical (unpaired) electrons. The molecule has 0 bridgehead atoms. The van der Waals surface area contributed by atoms with Crippen molar-refractivity contribution in [1.82, 2.24) is 0 Å². The number of hydrogen-bond donors (Lipinski definition) is 1. The van der Waals surface area contributed by atoms with Gasteiger partial charge in [-0.2, -0.15) is 0 Å². The Hall–Kier alpha value is -4.46. The summed E-state index contributed by atoms with van der Waals surface area (Å²) >= 11 is 0. The third-order valence-electron chi connectivity index (χ3n) is 7.10. The maximum Gasteiger partial charge on any atom is 0.300 e. The van der Waals surface area contributed by atoms with Crippen LogP contribution in [0.3, 0.4) is 0 Å². The molecule has 0 spiro atoms. The van der Waals surface area contributed by atoms with Gasteiger partial charge in [0, 0.05) is 17.3 Å². The first-order valence-electron chi connectivity index (χ1n) is 13.3. The second kappa shape index (κ2) is 10.6. The van der Waals surface area contributed by atoms with E-state index in [0.717, 1.165) is 5.56 Å². The van der Waals surface area contributed by atoms with Gasteiger partial charge in [0.25, 0.3) is 11.7 Å². The van der Waals surface area contributed by atoms with Crippen molar-refractivity contribution in [3.63, 3.8) is 0 Å². The van der Waals surface area contributed by atoms with Crippen LogP contribution >= 0.6 is 0 Å². The number of nitrogens with zero attached hydrogens (tertiary/aromatic N) is 1. The Kier molecular flexibility index (Phi) is 7.19. The minimum Gasteiger partial charge on any atom is -0.507 e. The predicted molar refractivity (Wildman–Crippen MR) is 151 cm³/mol. The Morgan fingerprint density at radius 2 is 1.68 bits per heavy atom. The topological polar surface area (TPSA) is 94.5 Å². The number of benzene rings is 3. The number of amides is 1. The number of methoxy groups -OCH3 is 1. The van der Waals surface area contributed by atoms with Crippen molar-refractivity contribution in [2.24, 2.45) is 0 Å². The van der Waals surface area contributed by atoms with Crippen LogP contribution < -0.4 is 23.8 Å². The quantitative estimate of drug-likeness (QED) is 0.213. The van der Waals surface area contributed by atoms with E-state index in [2.05, 4.69) is 0 Å². The normalized spacial score (nSPS) is 17.7. The molecule has 0 aliphatic carbocycles. The second-order valence-corrected chi connectivity index (χ2v) is 10.5. The fourth-order valence-corrected chi connectivity index (χ4v) is 5.18. The Labute approximate surface area is 233 Å². The van der Waals surface area contributed by atoms with E-state index >= 15 is 0 Å². The Balaban J connectivity index is 1.70. The molecule has 208 valence electrons. The number of aliphatic hydroxyl groups excluding tert-OH is 1. The monoisotopic (exact) mass is 543 g/mol. The van der Waals surface area contributed by atoms with Gasteiger partial charge in [0.15, 0.2) is 11.5 Å². The summed E-state index contributed by atoms with van der Waals surface area (Å²) in [5.41, 5.74) is 3.16. The Morgan fingerprint density at radius 3 is 2.33 bits per heavy atom. The highest BCUT2D eigenvalue weighted by Crippen LogP contribution is 2.46. The SMILES string of the molecule is COc1cc(C)c(/C(O)=C2\C(=O)C(=O)N(c3ccc4c(c3)OCO4)C2c2ccc(OC(C)C)cc2)cc1C(C)C. The molecule has 1 amide bonds. The van der Waals surface area contributed by atoms with E-state index in [1.165, 1.54) is 4.90 Å². The average molecular weight is 544 g/mol. The molecule has 1 saturated heterocycles. The zero-order valence-corrected chi connectivity index (χ0v) is 23.5. The minimum absolute atomic E-state index is 0.00293. The van der Waals surface area contributed by atoms with Crippen molar-refractivity contribution in [3.8, 4) is 23.0 Å². The molecule has 3 aromatic carbocycles. The number of ether oxygens (including phenoxy) is 4. The number of rotatable bonds is 7. The highest BCUT2D eigenvalue weighted by molar-refractivity contribution is 6.51. The van der Waals surface area contributed by atoms with E-state index in [-0.39, 0.29) is 30.1 Å². The summed E-state index contributed by atoms with van der Waals surface area (Å²) < 4.78 is 22.3. The van der Waals surface area contributed by atoms with Crippen LogP contribution in [0.5, 0.6) is 23.0 Å². The van der Waals surface area contributed by atoms with E-state index < -0.39 is 17.7 Å². The van der Waals surface area contributed by atoms with Gasteiger partial charge in [0.05, 0.1) is 24.8 Å². The van der Waals surface area contributed by atoms with Gasteiger partial charge in [-0.25, -0.2) is 0 Å². The molecule has 1 N–H and O–H groups in total. The number of anilines is 1. The molecule has 2 aliphatic heterocycles. The van der Waals surface area contributed by atoms with Crippen LogP contribution in [0.4, 0.5) is 5.69 Å². The van der Waals surface area contributed by atoms with Crippen molar-refractivity contribution in [2.75, 3.05) is 18.8 Å². The highest BCUT2D eigenvalue weighted by atomic mass is 16.7. The fraction of sp³-hybridized carbons (Fsp3) is 0.312. The van der Waals surface area contributed by atoms with Gasteiger partial charge in [0.2, 0.25) is 6.79 Å². The van der Waals surface area contributed by atoms with Crippen LogP contribution in [0.25, 0.3) is 5.76 Å². The summed E-state index contributed by atoms with van der Waals surface area (Å²) in [6.07, 6.45) is -0.0154. The molecule has 0 aromatic heterocycles. The molecule has 3 aromatic rings. The first kappa shape index (κ1) is 27.1. The number of ketones is 1. The number of carbonyl (C=O) groups excluding carboxylic acids is 2. The molecule has 8 nitrogen and oxygen atoms in total. The van der Waals surface area contributed by atoms with Gasteiger partial charge < -0.3 is 24.1 Å². The van der Waals surface area contributed by atoms with Crippen LogP contribution in [-0.2, 0) is 9.59 Å². The molecule has 1 fully saturated rings. The predicted octanol–water partition coefficient (Wildman–Crippen LogP) is 6.27. The maximum atomic E-state index is 13.7. The van der Waals surface area contributed by atoms with Crippen LogP contribution in [0.15, 0.2) is 60.2 Å². The zero-order chi connectivity index (χ0) is 28.7. The number of fused-ring (bicyclic) bond motifs is 1. The van der Waals surface area contributed by atoms with E-state index in [0.29, 0.717) is 45.4 Å². The third-order valence-corrected chi connectivity index (χ3v) is 7.10. The summed E-state index contributed by atoms with van der Waals surface area (Å²) in [6, 6.07) is 15.1. The summed E-state index contributed by atoms with van der Waals surface area (Å²) in [6.45, 7) is 9.83. The highest BCUT2D eigenvalue weighted by Gasteiger charge is 2.47. The van der Waals surface area contributed by atoms with Crippen molar-refractivity contribution in [3.05, 3.63) is 82.4 Å². The van der Waals surface area contributed by atoms with E-state index in [9.17, 15) is 14.7 Å². The lowest BCUT2D eigenvalue weighted by atomic mass is 9.91. The third kappa shape index (κ3) is 4.74. The number of aliphatic hydroxyl groups is 1. The summed E-state index contributed by atoms with van der Waals surface area (Å²) in [7, 11) is 1.60. The van der Waals surface area contributed by atoms with Crippen LogP contribution in [0, 0.1) is 6.92 Å². The van der Waals surface area contributed by atoms with Crippen molar-refractivity contribution < 1.29 is 33.6 Å². The summed E-state index contributed by atoms with van der Waals surface area (Å²) in [5.74, 6) is 0.729. The van der Waals surface area contributed by atoms with E-state index in [4.69, 9.17) is 18.9 Å². The minimum atomic E-state index is -0.891. The lowest BCUT2D eigenvalue weighted by Gasteiger charge is -2.26. The molecule has 8 heteroatoms. The lowest BCUT2D eigenvalue weighted by molar-refractivity contribution is -0.132. The lowest BCUT2D eigenvalue weighted by Crippen LogP contribution is -2.29. The smallest absolute Gasteiger partial charge is 0.300 e. The molecule has 2 aliphatic rings. The number of aryl methyl sites for hydroxylation is 1. The molecular formula is C32H33NO7.